The molecule has 0 unspecified atom stereocenters. The van der Waals surface area contributed by atoms with Crippen molar-refractivity contribution in [2.75, 3.05) is 50.0 Å². The smallest absolute Gasteiger partial charge is 0.0662 e. The number of rotatable bonds is 20. The van der Waals surface area contributed by atoms with Crippen molar-refractivity contribution in [2.45, 2.75) is 46.5 Å². The lowest BCUT2D eigenvalue weighted by atomic mass is 9.88. The molecule has 292 valence electrons. The molecule has 6 rings (SSSR count). The van der Waals surface area contributed by atoms with E-state index in [2.05, 4.69) is 201 Å². The summed E-state index contributed by atoms with van der Waals surface area (Å²) < 4.78 is 11.7. The minimum absolute atomic E-state index is 0.581. The van der Waals surface area contributed by atoms with Gasteiger partial charge in [-0.1, -0.05) is 171 Å². The summed E-state index contributed by atoms with van der Waals surface area (Å²) in [5, 5.41) is 4.70. The van der Waals surface area contributed by atoms with Gasteiger partial charge in [0.25, 0.3) is 0 Å². The summed E-state index contributed by atoms with van der Waals surface area (Å²) >= 11 is 0. The molecule has 0 amide bonds. The van der Waals surface area contributed by atoms with Crippen LogP contribution in [0.25, 0.3) is 11.1 Å². The summed E-state index contributed by atoms with van der Waals surface area (Å²) in [4.78, 5) is 0. The standard InChI is InChI=1S/C53H58N2O2/c1-5-44(40-42-20-12-8-13-21-42)52(46-24-16-10-17-25-46)48-28-32-50(33-29-48)54(36-38-56-4)55(37-39-57-7-3)51-34-30-49(31-35-51)53(47-26-18-11-19-27-47)45(6-2)41-43-22-14-9-15-23-43/h8-35H,5-7,36-41H2,1-4H3. The number of ether oxygens (including phenoxy) is 2. The molecule has 0 aliphatic rings. The maximum atomic E-state index is 5.97. The van der Waals surface area contributed by atoms with Gasteiger partial charge in [-0.25, -0.2) is 0 Å². The highest BCUT2D eigenvalue weighted by molar-refractivity contribution is 5.84. The van der Waals surface area contributed by atoms with E-state index in [1.54, 1.807) is 7.11 Å². The lowest BCUT2D eigenvalue weighted by molar-refractivity contribution is 0.152. The third-order valence-corrected chi connectivity index (χ3v) is 10.6. The van der Waals surface area contributed by atoms with Crippen molar-refractivity contribution in [2.24, 2.45) is 0 Å². The Balaban J connectivity index is 1.38. The van der Waals surface area contributed by atoms with Gasteiger partial charge in [0, 0.05) is 13.7 Å². The van der Waals surface area contributed by atoms with E-state index in [0.717, 1.165) is 37.1 Å². The summed E-state index contributed by atoms with van der Waals surface area (Å²) in [6.07, 6.45) is 3.76. The average molecular weight is 755 g/mol. The quantitative estimate of drug-likeness (QED) is 0.0572. The van der Waals surface area contributed by atoms with Gasteiger partial charge in [0.15, 0.2) is 0 Å². The first-order chi connectivity index (χ1) is 28.1. The average Bonchev–Trinajstić information content (AvgIpc) is 3.27. The van der Waals surface area contributed by atoms with Crippen LogP contribution in [0, 0.1) is 0 Å². The fourth-order valence-corrected chi connectivity index (χ4v) is 7.68. The van der Waals surface area contributed by atoms with Gasteiger partial charge in [-0.15, -0.1) is 0 Å². The number of hydrogen-bond acceptors (Lipinski definition) is 4. The second-order valence-electron chi connectivity index (χ2n) is 14.3. The van der Waals surface area contributed by atoms with Crippen LogP contribution in [0.3, 0.4) is 0 Å². The summed E-state index contributed by atoms with van der Waals surface area (Å²) in [7, 11) is 1.77. The Labute approximate surface area is 341 Å². The van der Waals surface area contributed by atoms with Crippen molar-refractivity contribution in [3.8, 4) is 0 Å². The number of anilines is 2. The zero-order valence-electron chi connectivity index (χ0n) is 34.2. The third kappa shape index (κ3) is 11.0. The minimum atomic E-state index is 0.581. The predicted molar refractivity (Wildman–Crippen MR) is 242 cm³/mol. The molecule has 0 aliphatic heterocycles. The zero-order chi connectivity index (χ0) is 39.7. The van der Waals surface area contributed by atoms with Gasteiger partial charge in [-0.3, -0.25) is 10.0 Å². The first-order valence-electron chi connectivity index (χ1n) is 20.6. The van der Waals surface area contributed by atoms with Crippen LogP contribution in [-0.2, 0) is 22.3 Å². The predicted octanol–water partition coefficient (Wildman–Crippen LogP) is 12.5. The Kier molecular flexibility index (Phi) is 15.5. The normalized spacial score (nSPS) is 12.1. The maximum absolute atomic E-state index is 5.97. The Morgan fingerprint density at radius 2 is 0.772 bits per heavy atom. The molecule has 0 bridgehead atoms. The van der Waals surface area contributed by atoms with Crippen molar-refractivity contribution >= 4 is 22.5 Å². The van der Waals surface area contributed by atoms with Gasteiger partial charge in [0.1, 0.15) is 0 Å². The molecule has 0 fully saturated rings. The highest BCUT2D eigenvalue weighted by Gasteiger charge is 2.20. The molecular weight excluding hydrogens is 697 g/mol. The van der Waals surface area contributed by atoms with Gasteiger partial charge in [-0.2, -0.15) is 0 Å². The number of hydrogen-bond donors (Lipinski definition) is 0. The largest absolute Gasteiger partial charge is 0.383 e. The Hall–Kier alpha value is -5.68. The molecule has 0 aliphatic carbocycles. The molecule has 6 aromatic carbocycles. The van der Waals surface area contributed by atoms with E-state index in [-0.39, 0.29) is 0 Å². The second-order valence-corrected chi connectivity index (χ2v) is 14.3. The summed E-state index contributed by atoms with van der Waals surface area (Å²) in [5.74, 6) is 0. The van der Waals surface area contributed by atoms with Gasteiger partial charge in [-0.05, 0) is 101 Å². The monoisotopic (exact) mass is 754 g/mol. The van der Waals surface area contributed by atoms with Crippen molar-refractivity contribution in [1.29, 1.82) is 0 Å². The van der Waals surface area contributed by atoms with Crippen LogP contribution in [0.2, 0.25) is 0 Å². The van der Waals surface area contributed by atoms with Crippen LogP contribution in [0.15, 0.2) is 181 Å². The minimum Gasteiger partial charge on any atom is -0.383 e. The summed E-state index contributed by atoms with van der Waals surface area (Å²) in [6, 6.07) is 61.5. The van der Waals surface area contributed by atoms with Crippen LogP contribution in [0.5, 0.6) is 0 Å². The molecule has 0 radical (unpaired) electrons. The van der Waals surface area contributed by atoms with Gasteiger partial charge in [0.2, 0.25) is 0 Å². The van der Waals surface area contributed by atoms with E-state index in [9.17, 15) is 0 Å². The van der Waals surface area contributed by atoms with E-state index in [4.69, 9.17) is 9.47 Å². The number of methoxy groups -OCH3 is 1. The molecular formula is C53H58N2O2. The van der Waals surface area contributed by atoms with Crippen molar-refractivity contribution in [3.05, 3.63) is 214 Å². The lowest BCUT2D eigenvalue weighted by Gasteiger charge is -2.38. The van der Waals surface area contributed by atoms with Crippen LogP contribution in [0.4, 0.5) is 11.4 Å². The fourth-order valence-electron chi connectivity index (χ4n) is 7.68. The number of nitrogens with zero attached hydrogens (tertiary/aromatic N) is 2. The molecule has 4 heteroatoms. The van der Waals surface area contributed by atoms with Crippen LogP contribution in [-0.4, -0.2) is 40.0 Å². The summed E-state index contributed by atoms with van der Waals surface area (Å²) in [6.45, 7) is 9.83. The van der Waals surface area contributed by atoms with Crippen molar-refractivity contribution < 1.29 is 9.47 Å². The van der Waals surface area contributed by atoms with Crippen LogP contribution < -0.4 is 10.0 Å². The summed E-state index contributed by atoms with van der Waals surface area (Å²) in [5.41, 5.74) is 15.3. The third-order valence-electron chi connectivity index (χ3n) is 10.6. The molecule has 0 heterocycles. The Morgan fingerprint density at radius 3 is 1.12 bits per heavy atom. The van der Waals surface area contributed by atoms with Gasteiger partial charge in [0.05, 0.1) is 37.7 Å². The molecule has 0 atom stereocenters. The van der Waals surface area contributed by atoms with E-state index in [1.807, 2.05) is 0 Å². The SMILES string of the molecule is CCOCCN(c1ccc(C(=C(CC)Cc2ccccc2)c2ccccc2)cc1)N(CCOC)c1ccc(C(=C(CC)Cc2ccccc2)c2ccccc2)cc1. The zero-order valence-corrected chi connectivity index (χ0v) is 34.2. The number of benzene rings is 6. The molecule has 0 aromatic heterocycles. The van der Waals surface area contributed by atoms with E-state index in [1.165, 1.54) is 55.7 Å². The fraction of sp³-hybridized carbons (Fsp3) is 0.245. The number of allylic oxidation sites excluding steroid dienone is 2. The highest BCUT2D eigenvalue weighted by atomic mass is 16.5. The topological polar surface area (TPSA) is 24.9 Å². The van der Waals surface area contributed by atoms with Gasteiger partial charge < -0.3 is 9.47 Å². The van der Waals surface area contributed by atoms with E-state index < -0.39 is 0 Å². The maximum Gasteiger partial charge on any atom is 0.0662 e. The van der Waals surface area contributed by atoms with Crippen LogP contribution in [0.1, 0.15) is 67.0 Å². The second kappa shape index (κ2) is 21.6. The molecule has 0 saturated carbocycles. The molecule has 4 nitrogen and oxygen atoms in total. The Bertz CT molecular complexity index is 2130. The Morgan fingerprint density at radius 1 is 0.421 bits per heavy atom. The van der Waals surface area contributed by atoms with Crippen LogP contribution >= 0.6 is 0 Å². The first kappa shape index (κ1) is 41.0. The van der Waals surface area contributed by atoms with E-state index >= 15 is 0 Å². The molecule has 0 saturated heterocycles. The van der Waals surface area contributed by atoms with E-state index in [0.29, 0.717) is 32.9 Å². The first-order valence-corrected chi connectivity index (χ1v) is 20.6. The molecule has 0 N–H and O–H groups in total. The molecule has 0 spiro atoms. The van der Waals surface area contributed by atoms with Gasteiger partial charge >= 0.3 is 0 Å². The molecule has 6 aromatic rings. The molecule has 57 heavy (non-hydrogen) atoms. The highest BCUT2D eigenvalue weighted by Crippen LogP contribution is 2.35. The van der Waals surface area contributed by atoms with Crippen molar-refractivity contribution in [1.82, 2.24) is 0 Å². The lowest BCUT2D eigenvalue weighted by Crippen LogP contribution is -2.46. The van der Waals surface area contributed by atoms with Crippen molar-refractivity contribution in [3.63, 3.8) is 0 Å². The number of hydrazine groups is 1.